The number of para-hydroxylation sites is 2. The van der Waals surface area contributed by atoms with Crippen molar-refractivity contribution in [2.45, 2.75) is 17.9 Å². The molecule has 0 N–H and O–H groups in total. The van der Waals surface area contributed by atoms with Crippen molar-refractivity contribution in [1.82, 2.24) is 4.98 Å². The van der Waals surface area contributed by atoms with Crippen LogP contribution in [0.3, 0.4) is 0 Å². The van der Waals surface area contributed by atoms with Gasteiger partial charge in [-0.05, 0) is 42.3 Å². The summed E-state index contributed by atoms with van der Waals surface area (Å²) in [4.78, 5) is 4.47. The second-order valence-electron chi connectivity index (χ2n) is 4.87. The van der Waals surface area contributed by atoms with Crippen molar-refractivity contribution in [3.63, 3.8) is 0 Å². The number of oxazole rings is 1. The van der Waals surface area contributed by atoms with Crippen molar-refractivity contribution in [3.8, 4) is 11.5 Å². The zero-order chi connectivity index (χ0) is 15.5. The Morgan fingerprint density at radius 1 is 1.09 bits per heavy atom. The lowest BCUT2D eigenvalue weighted by molar-refractivity contribution is 0.354. The second kappa shape index (κ2) is 6.32. The quantitative estimate of drug-likeness (QED) is 0.651. The number of aromatic nitrogens is 1. The number of fused-ring (bicyclic) bond motifs is 1. The monoisotopic (exact) mass is 315 g/mol. The molecule has 0 radical (unpaired) electrons. The zero-order valence-electron chi connectivity index (χ0n) is 12.8. The van der Waals surface area contributed by atoms with Gasteiger partial charge in [0.2, 0.25) is 0 Å². The molecule has 22 heavy (non-hydrogen) atoms. The van der Waals surface area contributed by atoms with Gasteiger partial charge in [0.1, 0.15) is 5.52 Å². The maximum Gasteiger partial charge on any atom is 0.257 e. The molecule has 1 heterocycles. The average molecular weight is 315 g/mol. The van der Waals surface area contributed by atoms with Crippen LogP contribution in [0.1, 0.15) is 11.1 Å². The van der Waals surface area contributed by atoms with E-state index in [0.29, 0.717) is 5.22 Å². The first-order valence-corrected chi connectivity index (χ1v) is 7.89. The Labute approximate surface area is 133 Å². The van der Waals surface area contributed by atoms with E-state index in [-0.39, 0.29) is 0 Å². The largest absolute Gasteiger partial charge is 0.493 e. The summed E-state index contributed by atoms with van der Waals surface area (Å²) in [6, 6.07) is 11.8. The first-order chi connectivity index (χ1) is 10.7. The summed E-state index contributed by atoms with van der Waals surface area (Å²) in [6.45, 7) is 2.06. The van der Waals surface area contributed by atoms with E-state index < -0.39 is 0 Å². The van der Waals surface area contributed by atoms with Crippen LogP contribution in [0.5, 0.6) is 11.5 Å². The van der Waals surface area contributed by atoms with Gasteiger partial charge in [-0.3, -0.25) is 0 Å². The van der Waals surface area contributed by atoms with Crippen LogP contribution < -0.4 is 9.47 Å². The number of methoxy groups -OCH3 is 2. The Kier molecular flexibility index (Phi) is 4.24. The molecule has 0 amide bonds. The highest BCUT2D eigenvalue weighted by atomic mass is 32.2. The van der Waals surface area contributed by atoms with Crippen LogP contribution in [-0.4, -0.2) is 19.2 Å². The van der Waals surface area contributed by atoms with Crippen molar-refractivity contribution in [3.05, 3.63) is 47.5 Å². The van der Waals surface area contributed by atoms with E-state index in [9.17, 15) is 0 Å². The molecule has 3 rings (SSSR count). The van der Waals surface area contributed by atoms with Crippen LogP contribution in [0.25, 0.3) is 11.1 Å². The van der Waals surface area contributed by atoms with Crippen molar-refractivity contribution >= 4 is 22.9 Å². The van der Waals surface area contributed by atoms with Gasteiger partial charge in [-0.1, -0.05) is 23.9 Å². The summed E-state index contributed by atoms with van der Waals surface area (Å²) in [7, 11) is 3.29. The summed E-state index contributed by atoms with van der Waals surface area (Å²) in [5, 5.41) is 0.676. The normalized spacial score (nSPS) is 10.9. The third-order valence-corrected chi connectivity index (χ3v) is 4.34. The third-order valence-electron chi connectivity index (χ3n) is 3.47. The van der Waals surface area contributed by atoms with E-state index in [0.717, 1.165) is 33.9 Å². The molecule has 0 atom stereocenters. The topological polar surface area (TPSA) is 44.5 Å². The number of hydrogen-bond acceptors (Lipinski definition) is 5. The minimum atomic E-state index is 0.676. The van der Waals surface area contributed by atoms with Crippen molar-refractivity contribution < 1.29 is 13.9 Å². The minimum absolute atomic E-state index is 0.676. The summed E-state index contributed by atoms with van der Waals surface area (Å²) in [5.74, 6) is 2.25. The number of aryl methyl sites for hydroxylation is 1. The van der Waals surface area contributed by atoms with E-state index in [2.05, 4.69) is 11.9 Å². The molecule has 0 saturated carbocycles. The molecule has 0 aliphatic carbocycles. The van der Waals surface area contributed by atoms with Crippen LogP contribution in [0.4, 0.5) is 0 Å². The molecule has 114 valence electrons. The van der Waals surface area contributed by atoms with Crippen LogP contribution in [0, 0.1) is 6.92 Å². The predicted molar refractivity (Wildman–Crippen MR) is 87.9 cm³/mol. The Balaban J connectivity index is 1.81. The van der Waals surface area contributed by atoms with Gasteiger partial charge in [-0.2, -0.15) is 0 Å². The molecule has 0 fully saturated rings. The van der Waals surface area contributed by atoms with Gasteiger partial charge in [-0.15, -0.1) is 0 Å². The SMILES string of the molecule is COc1cc(C)c(CSc2nc3ccccc3o2)cc1OC. The standard InChI is InChI=1S/C17H17NO3S/c1-11-8-15(19-2)16(20-3)9-12(11)10-22-17-18-13-6-4-5-7-14(13)21-17/h4-9H,10H2,1-3H3. The van der Waals surface area contributed by atoms with Crippen molar-refractivity contribution in [1.29, 1.82) is 0 Å². The second-order valence-corrected chi connectivity index (χ2v) is 5.80. The Morgan fingerprint density at radius 3 is 2.55 bits per heavy atom. The molecule has 0 aliphatic heterocycles. The number of nitrogens with zero attached hydrogens (tertiary/aromatic N) is 1. The number of rotatable bonds is 5. The van der Waals surface area contributed by atoms with Gasteiger partial charge in [0.15, 0.2) is 17.1 Å². The lowest BCUT2D eigenvalue weighted by Gasteiger charge is -2.12. The maximum atomic E-state index is 5.73. The van der Waals surface area contributed by atoms with Crippen LogP contribution in [-0.2, 0) is 5.75 Å². The molecular weight excluding hydrogens is 298 g/mol. The Hall–Kier alpha value is -2.14. The van der Waals surface area contributed by atoms with Crippen molar-refractivity contribution in [2.75, 3.05) is 14.2 Å². The Bertz CT molecular complexity index is 765. The molecule has 3 aromatic rings. The van der Waals surface area contributed by atoms with E-state index in [1.807, 2.05) is 36.4 Å². The first-order valence-electron chi connectivity index (χ1n) is 6.91. The lowest BCUT2D eigenvalue weighted by atomic mass is 10.1. The molecule has 0 unspecified atom stereocenters. The lowest BCUT2D eigenvalue weighted by Crippen LogP contribution is -1.95. The maximum absolute atomic E-state index is 5.73. The molecule has 0 spiro atoms. The third kappa shape index (κ3) is 2.90. The molecule has 2 aromatic carbocycles. The first kappa shape index (κ1) is 14.8. The number of ether oxygens (including phenoxy) is 2. The van der Waals surface area contributed by atoms with Gasteiger partial charge < -0.3 is 13.9 Å². The van der Waals surface area contributed by atoms with Crippen LogP contribution >= 0.6 is 11.8 Å². The van der Waals surface area contributed by atoms with E-state index in [1.165, 1.54) is 5.56 Å². The highest BCUT2D eigenvalue weighted by Crippen LogP contribution is 2.33. The highest BCUT2D eigenvalue weighted by Gasteiger charge is 2.11. The van der Waals surface area contributed by atoms with Crippen LogP contribution in [0.2, 0.25) is 0 Å². The minimum Gasteiger partial charge on any atom is -0.493 e. The van der Waals surface area contributed by atoms with Gasteiger partial charge in [-0.25, -0.2) is 4.98 Å². The summed E-state index contributed by atoms with van der Waals surface area (Å²) in [6.07, 6.45) is 0. The van der Waals surface area contributed by atoms with E-state index in [1.54, 1.807) is 26.0 Å². The molecule has 0 saturated heterocycles. The van der Waals surface area contributed by atoms with Gasteiger partial charge >= 0.3 is 0 Å². The summed E-state index contributed by atoms with van der Waals surface area (Å²) < 4.78 is 16.4. The predicted octanol–water partition coefficient (Wildman–Crippen LogP) is 4.45. The van der Waals surface area contributed by atoms with E-state index >= 15 is 0 Å². The molecule has 4 nitrogen and oxygen atoms in total. The number of hydrogen-bond donors (Lipinski definition) is 0. The molecule has 0 aliphatic rings. The van der Waals surface area contributed by atoms with Gasteiger partial charge in [0.05, 0.1) is 14.2 Å². The van der Waals surface area contributed by atoms with Gasteiger partial charge in [0, 0.05) is 5.75 Å². The number of benzene rings is 2. The fourth-order valence-electron chi connectivity index (χ4n) is 2.23. The molecule has 1 aromatic heterocycles. The van der Waals surface area contributed by atoms with E-state index in [4.69, 9.17) is 13.9 Å². The summed E-state index contributed by atoms with van der Waals surface area (Å²) in [5.41, 5.74) is 4.02. The van der Waals surface area contributed by atoms with Gasteiger partial charge in [0.25, 0.3) is 5.22 Å². The molecule has 5 heteroatoms. The van der Waals surface area contributed by atoms with Crippen LogP contribution in [0.15, 0.2) is 46.0 Å². The smallest absolute Gasteiger partial charge is 0.257 e. The van der Waals surface area contributed by atoms with Crippen molar-refractivity contribution in [2.24, 2.45) is 0 Å². The Morgan fingerprint density at radius 2 is 1.82 bits per heavy atom. The average Bonchev–Trinajstić information content (AvgIpc) is 2.96. The fraction of sp³-hybridized carbons (Fsp3) is 0.235. The fourth-order valence-corrected chi connectivity index (χ4v) is 3.13. The summed E-state index contributed by atoms with van der Waals surface area (Å²) >= 11 is 1.57. The zero-order valence-corrected chi connectivity index (χ0v) is 13.6. The molecule has 0 bridgehead atoms. The highest BCUT2D eigenvalue weighted by molar-refractivity contribution is 7.98. The molecular formula is C17H17NO3S. The number of thioether (sulfide) groups is 1.